The number of carbonyl (C=O) groups is 1. The van der Waals surface area contributed by atoms with Crippen LogP contribution in [-0.4, -0.2) is 44.1 Å². The molecule has 33 heavy (non-hydrogen) atoms. The van der Waals surface area contributed by atoms with Crippen LogP contribution in [-0.2, 0) is 14.6 Å². The molecule has 0 saturated heterocycles. The minimum atomic E-state index is -3.04. The maximum absolute atomic E-state index is 12.3. The molecule has 4 rings (SSSR count). The fourth-order valence-electron chi connectivity index (χ4n) is 9.23. The fourth-order valence-corrected chi connectivity index (χ4v) is 9.71. The molecule has 4 aliphatic carbocycles. The van der Waals surface area contributed by atoms with Gasteiger partial charge in [-0.05, 0) is 111 Å². The Kier molecular flexibility index (Phi) is 7.29. The van der Waals surface area contributed by atoms with E-state index in [4.69, 9.17) is 0 Å². The number of hydrogen-bond acceptors (Lipinski definition) is 4. The number of sulfone groups is 1. The molecule has 2 N–H and O–H groups in total. The highest BCUT2D eigenvalue weighted by molar-refractivity contribution is 7.90. The van der Waals surface area contributed by atoms with Crippen LogP contribution in [0.1, 0.15) is 91.4 Å². The average Bonchev–Trinajstić information content (AvgIpc) is 3.09. The lowest BCUT2D eigenvalue weighted by atomic mass is 9.44. The van der Waals surface area contributed by atoms with Crippen LogP contribution in [0.25, 0.3) is 0 Å². The summed E-state index contributed by atoms with van der Waals surface area (Å²) >= 11 is 0. The zero-order valence-corrected chi connectivity index (χ0v) is 22.1. The first-order valence-corrected chi connectivity index (χ1v) is 15.6. The molecule has 0 bridgehead atoms. The van der Waals surface area contributed by atoms with Gasteiger partial charge >= 0.3 is 0 Å². The van der Waals surface area contributed by atoms with Gasteiger partial charge in [-0.2, -0.15) is 0 Å². The Bertz CT molecular complexity index is 828. The van der Waals surface area contributed by atoms with Crippen LogP contribution in [0.5, 0.6) is 0 Å². The molecule has 4 fully saturated rings. The number of carbonyl (C=O) groups excluding carboxylic acids is 1. The normalized spacial score (nSPS) is 43.8. The van der Waals surface area contributed by atoms with Gasteiger partial charge in [0, 0.05) is 19.2 Å². The molecular weight excluding hydrogens is 434 g/mol. The van der Waals surface area contributed by atoms with Gasteiger partial charge in [-0.3, -0.25) is 4.79 Å². The van der Waals surface area contributed by atoms with E-state index < -0.39 is 9.84 Å². The highest BCUT2D eigenvalue weighted by Crippen LogP contribution is 2.68. The Labute approximate surface area is 201 Å². The SMILES string of the molecule is C[C@H](CCC(=O)NCCS(C)(=O)=O)[C@H]1CCC2C3CCC4C[C@H](O)CC[C@]4(C)C3CC[C@@]21C. The van der Waals surface area contributed by atoms with E-state index >= 15 is 0 Å². The summed E-state index contributed by atoms with van der Waals surface area (Å²) in [6, 6.07) is 0. The van der Waals surface area contributed by atoms with Gasteiger partial charge in [0.2, 0.25) is 5.91 Å². The summed E-state index contributed by atoms with van der Waals surface area (Å²) in [5, 5.41) is 13.0. The van der Waals surface area contributed by atoms with Crippen molar-refractivity contribution >= 4 is 15.7 Å². The Morgan fingerprint density at radius 3 is 2.45 bits per heavy atom. The third-order valence-electron chi connectivity index (χ3n) is 11.0. The van der Waals surface area contributed by atoms with Crippen molar-refractivity contribution in [1.29, 1.82) is 0 Å². The number of amides is 1. The highest BCUT2D eigenvalue weighted by atomic mass is 32.2. The van der Waals surface area contributed by atoms with Gasteiger partial charge in [0.05, 0.1) is 11.9 Å². The molecule has 5 nitrogen and oxygen atoms in total. The van der Waals surface area contributed by atoms with Crippen LogP contribution >= 0.6 is 0 Å². The number of nitrogens with one attached hydrogen (secondary N) is 1. The second-order valence-electron chi connectivity index (χ2n) is 12.8. The van der Waals surface area contributed by atoms with Crippen LogP contribution < -0.4 is 5.32 Å². The minimum absolute atomic E-state index is 0.0119. The van der Waals surface area contributed by atoms with Crippen molar-refractivity contribution in [2.75, 3.05) is 18.6 Å². The molecule has 190 valence electrons. The topological polar surface area (TPSA) is 83.5 Å². The first-order valence-electron chi connectivity index (χ1n) is 13.6. The molecule has 1 amide bonds. The Hall–Kier alpha value is -0.620. The summed E-state index contributed by atoms with van der Waals surface area (Å²) in [5.41, 5.74) is 0.821. The van der Waals surface area contributed by atoms with Crippen LogP contribution in [0.4, 0.5) is 0 Å². The summed E-state index contributed by atoms with van der Waals surface area (Å²) in [6.45, 7) is 7.68. The van der Waals surface area contributed by atoms with Crippen molar-refractivity contribution in [1.82, 2.24) is 5.32 Å². The molecule has 0 aromatic carbocycles. The van der Waals surface area contributed by atoms with Crippen molar-refractivity contribution in [3.05, 3.63) is 0 Å². The molecule has 4 unspecified atom stereocenters. The first-order chi connectivity index (χ1) is 15.4. The van der Waals surface area contributed by atoms with Gasteiger partial charge in [0.15, 0.2) is 0 Å². The van der Waals surface area contributed by atoms with E-state index in [-0.39, 0.29) is 24.3 Å². The summed E-state index contributed by atoms with van der Waals surface area (Å²) in [5.74, 6) is 4.41. The van der Waals surface area contributed by atoms with Crippen molar-refractivity contribution in [2.45, 2.75) is 97.5 Å². The molecule has 0 radical (unpaired) electrons. The lowest BCUT2D eigenvalue weighted by Crippen LogP contribution is -2.54. The molecule has 4 saturated carbocycles. The van der Waals surface area contributed by atoms with Crippen molar-refractivity contribution in [3.8, 4) is 0 Å². The Morgan fingerprint density at radius 2 is 1.73 bits per heavy atom. The fraction of sp³-hybridized carbons (Fsp3) is 0.963. The third kappa shape index (κ3) is 5.03. The van der Waals surface area contributed by atoms with E-state index in [1.165, 1.54) is 51.2 Å². The number of hydrogen-bond donors (Lipinski definition) is 2. The van der Waals surface area contributed by atoms with E-state index in [2.05, 4.69) is 26.1 Å². The molecule has 0 aliphatic heterocycles. The molecular formula is C27H47NO4S. The molecule has 9 atom stereocenters. The predicted molar refractivity (Wildman–Crippen MR) is 132 cm³/mol. The van der Waals surface area contributed by atoms with E-state index in [1.54, 1.807) is 0 Å². The summed E-state index contributed by atoms with van der Waals surface area (Å²) in [4.78, 5) is 12.3. The molecule has 4 aliphatic rings. The number of fused-ring (bicyclic) bond motifs is 5. The summed E-state index contributed by atoms with van der Waals surface area (Å²) < 4.78 is 22.5. The van der Waals surface area contributed by atoms with Gasteiger partial charge in [0.25, 0.3) is 0 Å². The average molecular weight is 482 g/mol. The molecule has 0 aromatic rings. The van der Waals surface area contributed by atoms with Gasteiger partial charge < -0.3 is 10.4 Å². The van der Waals surface area contributed by atoms with E-state index in [1.807, 2.05) is 0 Å². The smallest absolute Gasteiger partial charge is 0.220 e. The van der Waals surface area contributed by atoms with Crippen molar-refractivity contribution in [3.63, 3.8) is 0 Å². The maximum Gasteiger partial charge on any atom is 0.220 e. The number of aliphatic hydroxyl groups excluding tert-OH is 1. The number of aliphatic hydroxyl groups is 1. The molecule has 6 heteroatoms. The van der Waals surface area contributed by atoms with Crippen LogP contribution in [0.15, 0.2) is 0 Å². The Morgan fingerprint density at radius 1 is 1.03 bits per heavy atom. The van der Waals surface area contributed by atoms with Crippen molar-refractivity contribution in [2.24, 2.45) is 46.3 Å². The summed E-state index contributed by atoms with van der Waals surface area (Å²) in [7, 11) is -3.04. The molecule has 0 spiro atoms. The minimum Gasteiger partial charge on any atom is -0.393 e. The van der Waals surface area contributed by atoms with Gasteiger partial charge in [-0.1, -0.05) is 20.8 Å². The second-order valence-corrected chi connectivity index (χ2v) is 15.1. The zero-order valence-electron chi connectivity index (χ0n) is 21.3. The Balaban J connectivity index is 1.35. The first kappa shape index (κ1) is 25.5. The van der Waals surface area contributed by atoms with E-state index in [0.717, 1.165) is 37.0 Å². The lowest BCUT2D eigenvalue weighted by Gasteiger charge is -2.61. The standard InChI is InChI=1S/C27H47NO4S/c1-18(5-10-25(30)28-15-16-33(4,31)32)22-8-9-23-21-7-6-19-17-20(29)11-13-26(19,2)24(21)12-14-27(22,23)3/h18-24,29H,5-17H2,1-4H3,(H,28,30)/t18-,19?,20-,21?,22-,23?,24?,26+,27-/m1/s1. The van der Waals surface area contributed by atoms with E-state index in [0.29, 0.717) is 35.0 Å². The van der Waals surface area contributed by atoms with Gasteiger partial charge in [-0.15, -0.1) is 0 Å². The van der Waals surface area contributed by atoms with Crippen LogP contribution in [0.2, 0.25) is 0 Å². The maximum atomic E-state index is 12.3. The van der Waals surface area contributed by atoms with Crippen LogP contribution in [0, 0.1) is 46.3 Å². The van der Waals surface area contributed by atoms with Gasteiger partial charge in [0.1, 0.15) is 9.84 Å². The molecule has 0 aromatic heterocycles. The number of rotatable bonds is 7. The van der Waals surface area contributed by atoms with Gasteiger partial charge in [-0.25, -0.2) is 8.42 Å². The second kappa shape index (κ2) is 9.44. The quantitative estimate of drug-likeness (QED) is 0.557. The van der Waals surface area contributed by atoms with Crippen molar-refractivity contribution < 1.29 is 18.3 Å². The lowest BCUT2D eigenvalue weighted by molar-refractivity contribution is -0.129. The monoisotopic (exact) mass is 481 g/mol. The molecule has 0 heterocycles. The largest absolute Gasteiger partial charge is 0.393 e. The highest BCUT2D eigenvalue weighted by Gasteiger charge is 2.60. The zero-order chi connectivity index (χ0) is 24.0. The van der Waals surface area contributed by atoms with E-state index in [9.17, 15) is 18.3 Å². The third-order valence-corrected chi connectivity index (χ3v) is 12.0. The predicted octanol–water partition coefficient (Wildman–Crippen LogP) is 4.58. The van der Waals surface area contributed by atoms with Crippen LogP contribution in [0.3, 0.4) is 0 Å². The summed E-state index contributed by atoms with van der Waals surface area (Å²) in [6.07, 6.45) is 13.7.